The lowest BCUT2D eigenvalue weighted by Crippen LogP contribution is -2.17. The van der Waals surface area contributed by atoms with E-state index in [-0.39, 0.29) is 23.0 Å². The Bertz CT molecular complexity index is 825. The third-order valence-electron chi connectivity index (χ3n) is 4.20. The molecule has 1 aromatic heterocycles. The molecule has 0 radical (unpaired) electrons. The fourth-order valence-corrected chi connectivity index (χ4v) is 4.71. The van der Waals surface area contributed by atoms with Gasteiger partial charge in [0, 0.05) is 29.8 Å². The minimum Gasteiger partial charge on any atom is -0.294 e. The van der Waals surface area contributed by atoms with Gasteiger partial charge in [-0.15, -0.1) is 11.6 Å². The first-order valence-corrected chi connectivity index (χ1v) is 9.66. The first kappa shape index (κ1) is 16.3. The molecule has 0 N–H and O–H groups in total. The van der Waals surface area contributed by atoms with Gasteiger partial charge in [-0.2, -0.15) is 0 Å². The van der Waals surface area contributed by atoms with Crippen molar-refractivity contribution in [1.29, 1.82) is 0 Å². The van der Waals surface area contributed by atoms with Crippen molar-refractivity contribution in [2.45, 2.75) is 37.0 Å². The Kier molecular flexibility index (Phi) is 4.60. The average Bonchev–Trinajstić information content (AvgIpc) is 2.96. The van der Waals surface area contributed by atoms with E-state index in [0.717, 1.165) is 30.5 Å². The van der Waals surface area contributed by atoms with Gasteiger partial charge in [-0.3, -0.25) is 4.79 Å². The second-order valence-corrected chi connectivity index (χ2v) is 7.84. The summed E-state index contributed by atoms with van der Waals surface area (Å²) in [5.41, 5.74) is 2.14. The van der Waals surface area contributed by atoms with Gasteiger partial charge >= 0.3 is 0 Å². The number of Topliss-reactive ketones (excluding diaryl/α,β-unsaturated/α-hetero) is 1. The minimum atomic E-state index is -3.68. The number of alkyl halides is 1. The van der Waals surface area contributed by atoms with Crippen LogP contribution in [0.3, 0.4) is 0 Å². The summed E-state index contributed by atoms with van der Waals surface area (Å²) in [4.78, 5) is 12.5. The molecular formula is C17H18ClNO3S. The number of carbonyl (C=O) groups is 1. The van der Waals surface area contributed by atoms with E-state index < -0.39 is 10.0 Å². The zero-order chi connectivity index (χ0) is 16.4. The minimum absolute atomic E-state index is 0.0832. The molecule has 1 aliphatic carbocycles. The summed E-state index contributed by atoms with van der Waals surface area (Å²) < 4.78 is 27.2. The maximum absolute atomic E-state index is 12.9. The molecule has 4 nitrogen and oxygen atoms in total. The number of hydrogen-bond donors (Lipinski definition) is 0. The first-order valence-electron chi connectivity index (χ1n) is 7.68. The van der Waals surface area contributed by atoms with Crippen molar-refractivity contribution in [3.8, 4) is 0 Å². The van der Waals surface area contributed by atoms with Gasteiger partial charge in [0.05, 0.1) is 4.90 Å². The van der Waals surface area contributed by atoms with E-state index in [1.807, 2.05) is 0 Å². The number of carbonyl (C=O) groups excluding carboxylic acids is 1. The Labute approximate surface area is 141 Å². The Hall–Kier alpha value is -1.59. The second-order valence-electron chi connectivity index (χ2n) is 5.65. The highest BCUT2D eigenvalue weighted by molar-refractivity contribution is 7.90. The summed E-state index contributed by atoms with van der Waals surface area (Å²) in [5.74, 6) is 0.157. The molecule has 3 rings (SSSR count). The lowest BCUT2D eigenvalue weighted by Gasteiger charge is -2.16. The van der Waals surface area contributed by atoms with Crippen LogP contribution >= 0.6 is 11.6 Å². The standard InChI is InChI=1S/C17H18ClNO3S/c18-11-10-17(20)15-12-19(16-9-5-4-8-14(15)16)23(21,22)13-6-2-1-3-7-13/h1-3,6-7,12H,4-5,8-11H2. The number of benzene rings is 1. The molecular weight excluding hydrogens is 334 g/mol. The van der Waals surface area contributed by atoms with Gasteiger partial charge in [0.1, 0.15) is 0 Å². The summed E-state index contributed by atoms with van der Waals surface area (Å²) in [5, 5.41) is 0. The number of rotatable bonds is 5. The molecule has 0 spiro atoms. The van der Waals surface area contributed by atoms with Gasteiger partial charge in [0.2, 0.25) is 0 Å². The smallest absolute Gasteiger partial charge is 0.267 e. The summed E-state index contributed by atoms with van der Waals surface area (Å²) in [6.45, 7) is 0. The summed E-state index contributed by atoms with van der Waals surface area (Å²) in [7, 11) is -3.68. The third kappa shape index (κ3) is 2.95. The number of hydrogen-bond acceptors (Lipinski definition) is 3. The van der Waals surface area contributed by atoms with Crippen LogP contribution in [0, 0.1) is 0 Å². The van der Waals surface area contributed by atoms with Gasteiger partial charge in [0.15, 0.2) is 5.78 Å². The predicted molar refractivity (Wildman–Crippen MR) is 89.8 cm³/mol. The highest BCUT2D eigenvalue weighted by atomic mass is 35.5. The van der Waals surface area contributed by atoms with Crippen molar-refractivity contribution in [2.24, 2.45) is 0 Å². The van der Waals surface area contributed by atoms with Crippen LogP contribution in [0.4, 0.5) is 0 Å². The molecule has 23 heavy (non-hydrogen) atoms. The molecule has 1 heterocycles. The SMILES string of the molecule is O=C(CCCl)c1cn(S(=O)(=O)c2ccccc2)c2c1CCCC2. The molecule has 0 aliphatic heterocycles. The number of nitrogens with zero attached hydrogens (tertiary/aromatic N) is 1. The number of ketones is 1. The Morgan fingerprint density at radius 2 is 1.83 bits per heavy atom. The maximum Gasteiger partial charge on any atom is 0.267 e. The van der Waals surface area contributed by atoms with Gasteiger partial charge in [-0.25, -0.2) is 12.4 Å². The largest absolute Gasteiger partial charge is 0.294 e. The normalized spacial score (nSPS) is 14.5. The molecule has 122 valence electrons. The van der Waals surface area contributed by atoms with Crippen LogP contribution in [0.1, 0.15) is 40.9 Å². The lowest BCUT2D eigenvalue weighted by atomic mass is 9.93. The van der Waals surface area contributed by atoms with Crippen molar-refractivity contribution in [1.82, 2.24) is 3.97 Å². The average molecular weight is 352 g/mol. The number of aromatic nitrogens is 1. The monoisotopic (exact) mass is 351 g/mol. The van der Waals surface area contributed by atoms with Crippen LogP contribution in [0.15, 0.2) is 41.4 Å². The van der Waals surface area contributed by atoms with Gasteiger partial charge in [-0.1, -0.05) is 18.2 Å². The molecule has 0 saturated carbocycles. The van der Waals surface area contributed by atoms with Crippen LogP contribution in [0.5, 0.6) is 0 Å². The molecule has 0 unspecified atom stereocenters. The predicted octanol–water partition coefficient (Wildman–Crippen LogP) is 3.42. The topological polar surface area (TPSA) is 56.1 Å². The Morgan fingerprint density at radius 1 is 1.13 bits per heavy atom. The van der Waals surface area contributed by atoms with Crippen LogP contribution in [0.2, 0.25) is 0 Å². The molecule has 0 atom stereocenters. The summed E-state index contributed by atoms with van der Waals surface area (Å²) in [6.07, 6.45) is 5.05. The van der Waals surface area contributed by atoms with E-state index >= 15 is 0 Å². The molecule has 0 fully saturated rings. The molecule has 1 aliphatic rings. The maximum atomic E-state index is 12.9. The quantitative estimate of drug-likeness (QED) is 0.612. The van der Waals surface area contributed by atoms with Crippen molar-refractivity contribution < 1.29 is 13.2 Å². The van der Waals surface area contributed by atoms with Crippen molar-refractivity contribution in [3.05, 3.63) is 53.3 Å². The van der Waals surface area contributed by atoms with Crippen molar-refractivity contribution in [3.63, 3.8) is 0 Å². The fourth-order valence-electron chi connectivity index (χ4n) is 3.08. The van der Waals surface area contributed by atoms with E-state index in [1.54, 1.807) is 30.3 Å². The molecule has 1 aromatic carbocycles. The van der Waals surface area contributed by atoms with Crippen LogP contribution in [-0.2, 0) is 22.9 Å². The van der Waals surface area contributed by atoms with Gasteiger partial charge in [0.25, 0.3) is 10.0 Å². The second kappa shape index (κ2) is 6.49. The molecule has 6 heteroatoms. The van der Waals surface area contributed by atoms with E-state index in [0.29, 0.717) is 12.0 Å². The Morgan fingerprint density at radius 3 is 2.52 bits per heavy atom. The fraction of sp³-hybridized carbons (Fsp3) is 0.353. The van der Waals surface area contributed by atoms with Crippen LogP contribution in [0.25, 0.3) is 0 Å². The van der Waals surface area contributed by atoms with Crippen molar-refractivity contribution in [2.75, 3.05) is 5.88 Å². The number of fused-ring (bicyclic) bond motifs is 1. The first-order chi connectivity index (χ1) is 11.1. The molecule has 0 bridgehead atoms. The van der Waals surface area contributed by atoms with E-state index in [4.69, 9.17) is 11.6 Å². The highest BCUT2D eigenvalue weighted by Crippen LogP contribution is 2.30. The highest BCUT2D eigenvalue weighted by Gasteiger charge is 2.28. The van der Waals surface area contributed by atoms with Crippen LogP contribution in [-0.4, -0.2) is 24.1 Å². The lowest BCUT2D eigenvalue weighted by molar-refractivity contribution is 0.0988. The molecule has 2 aromatic rings. The summed E-state index contributed by atoms with van der Waals surface area (Å²) in [6, 6.07) is 8.32. The molecule has 0 amide bonds. The van der Waals surface area contributed by atoms with Crippen molar-refractivity contribution >= 4 is 27.4 Å². The van der Waals surface area contributed by atoms with Gasteiger partial charge in [-0.05, 0) is 43.4 Å². The number of halogens is 1. The zero-order valence-electron chi connectivity index (χ0n) is 12.7. The summed E-state index contributed by atoms with van der Waals surface area (Å²) >= 11 is 5.68. The van der Waals surface area contributed by atoms with E-state index in [1.165, 1.54) is 10.2 Å². The zero-order valence-corrected chi connectivity index (χ0v) is 14.2. The molecule has 0 saturated heterocycles. The van der Waals surface area contributed by atoms with Crippen LogP contribution < -0.4 is 0 Å². The third-order valence-corrected chi connectivity index (χ3v) is 6.10. The van der Waals surface area contributed by atoms with Gasteiger partial charge < -0.3 is 0 Å². The Balaban J connectivity index is 2.15. The van der Waals surface area contributed by atoms with E-state index in [2.05, 4.69) is 0 Å². The van der Waals surface area contributed by atoms with E-state index in [9.17, 15) is 13.2 Å².